The fourth-order valence-electron chi connectivity index (χ4n) is 0.978. The molecule has 0 heterocycles. The lowest BCUT2D eigenvalue weighted by Crippen LogP contribution is -2.22. The molecule has 0 radical (unpaired) electrons. The van der Waals surface area contributed by atoms with Crippen molar-refractivity contribution in [3.8, 4) is 0 Å². The van der Waals surface area contributed by atoms with Crippen LogP contribution in [-0.4, -0.2) is 18.5 Å². The number of hydrogen-bond acceptors (Lipinski definition) is 1. The van der Waals surface area contributed by atoms with Crippen molar-refractivity contribution in [2.75, 3.05) is 13.1 Å². The molecule has 11 heavy (non-hydrogen) atoms. The van der Waals surface area contributed by atoms with E-state index in [2.05, 4.69) is 12.2 Å². The third kappa shape index (κ3) is 10.2. The second kappa shape index (κ2) is 8.35. The first kappa shape index (κ1) is 11.2. The lowest BCUT2D eigenvalue weighted by Gasteiger charge is -2.04. The van der Waals surface area contributed by atoms with Crippen molar-refractivity contribution in [1.82, 2.24) is 5.32 Å². The summed E-state index contributed by atoms with van der Waals surface area (Å²) >= 11 is 5.76. The number of halogens is 1. The van der Waals surface area contributed by atoms with E-state index in [4.69, 9.17) is 11.6 Å². The molecule has 2 heteroatoms. The molecule has 0 amide bonds. The highest BCUT2D eigenvalue weighted by Gasteiger charge is 1.93. The maximum absolute atomic E-state index is 5.76. The standard InChI is InChI=1S/C9H20ClN/c1-3-4-5-6-7-11-8-9(2)10/h9,11H,3-8H2,1-2H3. The zero-order valence-corrected chi connectivity index (χ0v) is 8.45. The summed E-state index contributed by atoms with van der Waals surface area (Å²) in [6, 6.07) is 0. The number of hydrogen-bond donors (Lipinski definition) is 1. The van der Waals surface area contributed by atoms with Gasteiger partial charge in [0.05, 0.1) is 0 Å². The van der Waals surface area contributed by atoms with Gasteiger partial charge >= 0.3 is 0 Å². The molecular formula is C9H20ClN. The van der Waals surface area contributed by atoms with Crippen molar-refractivity contribution in [3.63, 3.8) is 0 Å². The van der Waals surface area contributed by atoms with E-state index in [9.17, 15) is 0 Å². The molecule has 0 saturated heterocycles. The molecule has 0 aliphatic heterocycles. The van der Waals surface area contributed by atoms with Crippen LogP contribution in [0.2, 0.25) is 0 Å². The van der Waals surface area contributed by atoms with E-state index in [1.807, 2.05) is 6.92 Å². The predicted octanol–water partition coefficient (Wildman–Crippen LogP) is 2.78. The normalized spacial score (nSPS) is 13.4. The zero-order chi connectivity index (χ0) is 8.53. The lowest BCUT2D eigenvalue weighted by molar-refractivity contribution is 0.596. The van der Waals surface area contributed by atoms with Crippen molar-refractivity contribution < 1.29 is 0 Å². The highest BCUT2D eigenvalue weighted by atomic mass is 35.5. The maximum atomic E-state index is 5.76. The van der Waals surface area contributed by atoms with E-state index in [-0.39, 0.29) is 5.38 Å². The summed E-state index contributed by atoms with van der Waals surface area (Å²) in [5, 5.41) is 3.58. The summed E-state index contributed by atoms with van der Waals surface area (Å²) in [5.41, 5.74) is 0. The van der Waals surface area contributed by atoms with Crippen LogP contribution in [0.5, 0.6) is 0 Å². The Morgan fingerprint density at radius 1 is 1.27 bits per heavy atom. The fraction of sp³-hybridized carbons (Fsp3) is 1.00. The molecule has 0 aliphatic rings. The molecular weight excluding hydrogens is 158 g/mol. The van der Waals surface area contributed by atoms with E-state index in [1.165, 1.54) is 25.7 Å². The molecule has 0 saturated carbocycles. The van der Waals surface area contributed by atoms with Crippen LogP contribution in [0.4, 0.5) is 0 Å². The van der Waals surface area contributed by atoms with Gasteiger partial charge < -0.3 is 5.32 Å². The smallest absolute Gasteiger partial charge is 0.0432 e. The molecule has 0 aliphatic carbocycles. The van der Waals surface area contributed by atoms with Crippen molar-refractivity contribution in [2.24, 2.45) is 0 Å². The summed E-state index contributed by atoms with van der Waals surface area (Å²) in [6.45, 7) is 6.31. The van der Waals surface area contributed by atoms with Crippen LogP contribution in [0.3, 0.4) is 0 Å². The quantitative estimate of drug-likeness (QED) is 0.466. The SMILES string of the molecule is CCCCCCNCC(C)Cl. The van der Waals surface area contributed by atoms with Gasteiger partial charge in [-0.05, 0) is 19.9 Å². The van der Waals surface area contributed by atoms with Gasteiger partial charge in [0.25, 0.3) is 0 Å². The molecule has 0 aromatic heterocycles. The number of rotatable bonds is 7. The summed E-state index contributed by atoms with van der Waals surface area (Å²) < 4.78 is 0. The van der Waals surface area contributed by atoms with Crippen LogP contribution < -0.4 is 5.32 Å². The van der Waals surface area contributed by atoms with Crippen molar-refractivity contribution in [3.05, 3.63) is 0 Å². The number of unbranched alkanes of at least 4 members (excludes halogenated alkanes) is 3. The summed E-state index contributed by atoms with van der Waals surface area (Å²) in [4.78, 5) is 0. The molecule has 1 N–H and O–H groups in total. The molecule has 0 aromatic rings. The van der Waals surface area contributed by atoms with Gasteiger partial charge in [-0.3, -0.25) is 0 Å². The van der Waals surface area contributed by atoms with E-state index in [0.717, 1.165) is 13.1 Å². The third-order valence-electron chi connectivity index (χ3n) is 1.63. The Hall–Kier alpha value is 0.250. The first-order chi connectivity index (χ1) is 5.27. The van der Waals surface area contributed by atoms with E-state index in [0.29, 0.717) is 0 Å². The van der Waals surface area contributed by atoms with E-state index < -0.39 is 0 Å². The Bertz CT molecular complexity index is 74.0. The molecule has 0 bridgehead atoms. The number of alkyl halides is 1. The van der Waals surface area contributed by atoms with Gasteiger partial charge in [-0.1, -0.05) is 26.2 Å². The average Bonchev–Trinajstić information content (AvgIpc) is 1.96. The van der Waals surface area contributed by atoms with Gasteiger partial charge in [-0.15, -0.1) is 11.6 Å². The highest BCUT2D eigenvalue weighted by Crippen LogP contribution is 1.97. The van der Waals surface area contributed by atoms with Crippen LogP contribution in [0, 0.1) is 0 Å². The molecule has 0 aromatic carbocycles. The third-order valence-corrected chi connectivity index (χ3v) is 1.79. The molecule has 1 unspecified atom stereocenters. The molecule has 1 atom stereocenters. The topological polar surface area (TPSA) is 12.0 Å². The minimum atomic E-state index is 0.265. The van der Waals surface area contributed by atoms with Gasteiger partial charge in [0, 0.05) is 11.9 Å². The lowest BCUT2D eigenvalue weighted by atomic mass is 10.2. The Morgan fingerprint density at radius 2 is 2.00 bits per heavy atom. The largest absolute Gasteiger partial charge is 0.315 e. The monoisotopic (exact) mass is 177 g/mol. The zero-order valence-electron chi connectivity index (χ0n) is 7.70. The van der Waals surface area contributed by atoms with Gasteiger partial charge in [0.1, 0.15) is 0 Å². The van der Waals surface area contributed by atoms with Crippen LogP contribution in [0.25, 0.3) is 0 Å². The summed E-state index contributed by atoms with van der Waals surface area (Å²) in [7, 11) is 0. The highest BCUT2D eigenvalue weighted by molar-refractivity contribution is 6.20. The van der Waals surface area contributed by atoms with Crippen LogP contribution in [0.1, 0.15) is 39.5 Å². The molecule has 1 nitrogen and oxygen atoms in total. The van der Waals surface area contributed by atoms with Crippen LogP contribution >= 0.6 is 11.6 Å². The molecule has 0 fully saturated rings. The molecule has 68 valence electrons. The van der Waals surface area contributed by atoms with Crippen molar-refractivity contribution in [1.29, 1.82) is 0 Å². The van der Waals surface area contributed by atoms with Gasteiger partial charge in [-0.2, -0.15) is 0 Å². The minimum absolute atomic E-state index is 0.265. The number of nitrogens with one attached hydrogen (secondary N) is 1. The first-order valence-corrected chi connectivity index (χ1v) is 5.05. The molecule has 0 rings (SSSR count). The Labute approximate surface area is 75.5 Å². The maximum Gasteiger partial charge on any atom is 0.0432 e. The van der Waals surface area contributed by atoms with Crippen LogP contribution in [0.15, 0.2) is 0 Å². The molecule has 0 spiro atoms. The fourth-order valence-corrected chi connectivity index (χ4v) is 1.09. The Kier molecular flexibility index (Phi) is 8.54. The second-order valence-corrected chi connectivity index (χ2v) is 3.79. The Balaban J connectivity index is 2.80. The first-order valence-electron chi connectivity index (χ1n) is 4.62. The van der Waals surface area contributed by atoms with Crippen molar-refractivity contribution >= 4 is 11.6 Å². The summed E-state index contributed by atoms with van der Waals surface area (Å²) in [6.07, 6.45) is 5.31. The minimum Gasteiger partial charge on any atom is -0.315 e. The average molecular weight is 178 g/mol. The van der Waals surface area contributed by atoms with Crippen molar-refractivity contribution in [2.45, 2.75) is 44.9 Å². The predicted molar refractivity (Wildman–Crippen MR) is 52.3 cm³/mol. The van der Waals surface area contributed by atoms with Gasteiger partial charge in [0.2, 0.25) is 0 Å². The second-order valence-electron chi connectivity index (χ2n) is 3.05. The van der Waals surface area contributed by atoms with Crippen LogP contribution in [-0.2, 0) is 0 Å². The van der Waals surface area contributed by atoms with E-state index in [1.54, 1.807) is 0 Å². The summed E-state index contributed by atoms with van der Waals surface area (Å²) in [5.74, 6) is 0. The van der Waals surface area contributed by atoms with Gasteiger partial charge in [0.15, 0.2) is 0 Å². The van der Waals surface area contributed by atoms with Gasteiger partial charge in [-0.25, -0.2) is 0 Å². The van der Waals surface area contributed by atoms with E-state index >= 15 is 0 Å². The Morgan fingerprint density at radius 3 is 2.55 bits per heavy atom.